The number of aromatic nitrogens is 5. The zero-order valence-corrected chi connectivity index (χ0v) is 17.0. The summed E-state index contributed by atoms with van der Waals surface area (Å²) in [5.74, 6) is 2.78. The molecule has 0 amide bonds. The first-order valence-corrected chi connectivity index (χ1v) is 10.6. The van der Waals surface area contributed by atoms with Crippen molar-refractivity contribution in [3.05, 3.63) is 60.2 Å². The molecule has 30 heavy (non-hydrogen) atoms. The van der Waals surface area contributed by atoms with Gasteiger partial charge in [-0.2, -0.15) is 0 Å². The van der Waals surface area contributed by atoms with E-state index in [0.717, 1.165) is 24.2 Å². The number of morpholine rings is 1. The average Bonchev–Trinajstić information content (AvgIpc) is 3.55. The summed E-state index contributed by atoms with van der Waals surface area (Å²) >= 11 is 1.52. The Morgan fingerprint density at radius 2 is 1.80 bits per heavy atom. The SMILES string of the molecule is c1ccc(Cn2c(SCc3nnc(-c4ccco4)o3)nnc2N2CCOCC2)cc1. The van der Waals surface area contributed by atoms with E-state index in [1.54, 1.807) is 18.4 Å². The molecule has 0 bridgehead atoms. The van der Waals surface area contributed by atoms with Crippen LogP contribution in [0, 0.1) is 0 Å². The molecule has 9 nitrogen and oxygen atoms in total. The van der Waals surface area contributed by atoms with E-state index in [4.69, 9.17) is 13.6 Å². The number of hydrogen-bond acceptors (Lipinski definition) is 9. The quantitative estimate of drug-likeness (QED) is 0.415. The zero-order valence-electron chi connectivity index (χ0n) is 16.2. The summed E-state index contributed by atoms with van der Waals surface area (Å²) in [5, 5.41) is 17.9. The van der Waals surface area contributed by atoms with Gasteiger partial charge in [0.2, 0.25) is 11.8 Å². The highest BCUT2D eigenvalue weighted by Gasteiger charge is 2.21. The van der Waals surface area contributed by atoms with Crippen molar-refractivity contribution in [2.24, 2.45) is 0 Å². The molecule has 0 aliphatic carbocycles. The Labute approximate surface area is 177 Å². The van der Waals surface area contributed by atoms with E-state index >= 15 is 0 Å². The molecule has 5 rings (SSSR count). The molecule has 0 saturated carbocycles. The largest absolute Gasteiger partial charge is 0.459 e. The molecule has 0 atom stereocenters. The summed E-state index contributed by atoms with van der Waals surface area (Å²) in [4.78, 5) is 2.21. The van der Waals surface area contributed by atoms with Gasteiger partial charge in [-0.05, 0) is 17.7 Å². The Balaban J connectivity index is 1.36. The van der Waals surface area contributed by atoms with Crippen molar-refractivity contribution in [2.75, 3.05) is 31.2 Å². The van der Waals surface area contributed by atoms with Crippen molar-refractivity contribution in [1.82, 2.24) is 25.0 Å². The summed E-state index contributed by atoms with van der Waals surface area (Å²) in [6.45, 7) is 3.67. The number of hydrogen-bond donors (Lipinski definition) is 0. The fourth-order valence-electron chi connectivity index (χ4n) is 3.23. The first-order valence-electron chi connectivity index (χ1n) is 9.66. The lowest BCUT2D eigenvalue weighted by molar-refractivity contribution is 0.121. The fraction of sp³-hybridized carbons (Fsp3) is 0.300. The molecule has 1 saturated heterocycles. The summed E-state index contributed by atoms with van der Waals surface area (Å²) in [6, 6.07) is 13.9. The highest BCUT2D eigenvalue weighted by molar-refractivity contribution is 7.98. The van der Waals surface area contributed by atoms with Crippen LogP contribution in [-0.2, 0) is 17.0 Å². The van der Waals surface area contributed by atoms with Gasteiger partial charge >= 0.3 is 0 Å². The zero-order chi connectivity index (χ0) is 20.2. The Kier molecular flexibility index (Phi) is 5.49. The molecule has 1 aromatic carbocycles. The van der Waals surface area contributed by atoms with E-state index in [1.807, 2.05) is 18.2 Å². The maximum atomic E-state index is 5.71. The smallest absolute Gasteiger partial charge is 0.283 e. The Morgan fingerprint density at radius 3 is 2.60 bits per heavy atom. The second-order valence-corrected chi connectivity index (χ2v) is 7.66. The van der Waals surface area contributed by atoms with E-state index in [0.29, 0.717) is 43.1 Å². The van der Waals surface area contributed by atoms with Crippen LogP contribution in [0.4, 0.5) is 5.95 Å². The van der Waals surface area contributed by atoms with Crippen molar-refractivity contribution in [3.63, 3.8) is 0 Å². The standard InChI is InChI=1S/C20H20N6O3S/c1-2-5-15(6-3-1)13-26-19(25-8-11-27-12-9-25)23-24-20(26)30-14-17-21-22-18(29-17)16-7-4-10-28-16/h1-7,10H,8-9,11-14H2. The van der Waals surface area contributed by atoms with Crippen LogP contribution >= 0.6 is 11.8 Å². The predicted octanol–water partition coefficient (Wildman–Crippen LogP) is 3.10. The average molecular weight is 424 g/mol. The minimum atomic E-state index is 0.371. The molecule has 3 aromatic heterocycles. The molecule has 154 valence electrons. The normalized spacial score (nSPS) is 14.3. The topological polar surface area (TPSA) is 95.2 Å². The highest BCUT2D eigenvalue weighted by Crippen LogP contribution is 2.27. The van der Waals surface area contributed by atoms with Gasteiger partial charge in [0.1, 0.15) is 0 Å². The maximum Gasteiger partial charge on any atom is 0.283 e. The van der Waals surface area contributed by atoms with Gasteiger partial charge in [0, 0.05) is 13.1 Å². The molecule has 0 unspecified atom stereocenters. The predicted molar refractivity (Wildman–Crippen MR) is 110 cm³/mol. The van der Waals surface area contributed by atoms with Gasteiger partial charge in [-0.15, -0.1) is 20.4 Å². The summed E-state index contributed by atoms with van der Waals surface area (Å²) in [6.07, 6.45) is 1.58. The maximum absolute atomic E-state index is 5.71. The number of furan rings is 1. The molecule has 1 aliphatic rings. The van der Waals surface area contributed by atoms with Crippen molar-refractivity contribution in [3.8, 4) is 11.7 Å². The van der Waals surface area contributed by atoms with Crippen LogP contribution in [0.2, 0.25) is 0 Å². The highest BCUT2D eigenvalue weighted by atomic mass is 32.2. The molecule has 1 fully saturated rings. The molecule has 4 aromatic rings. The van der Waals surface area contributed by atoms with Gasteiger partial charge in [-0.1, -0.05) is 42.1 Å². The minimum absolute atomic E-state index is 0.371. The monoisotopic (exact) mass is 424 g/mol. The summed E-state index contributed by atoms with van der Waals surface area (Å²) in [5.41, 5.74) is 1.19. The van der Waals surface area contributed by atoms with Crippen molar-refractivity contribution >= 4 is 17.7 Å². The Morgan fingerprint density at radius 1 is 0.933 bits per heavy atom. The molecular weight excluding hydrogens is 404 g/mol. The lowest BCUT2D eigenvalue weighted by Gasteiger charge is -2.28. The molecule has 0 N–H and O–H groups in total. The molecule has 0 radical (unpaired) electrons. The van der Waals surface area contributed by atoms with Gasteiger partial charge in [0.15, 0.2) is 10.9 Å². The first-order chi connectivity index (χ1) is 14.9. The molecule has 0 spiro atoms. The Bertz CT molecular complexity index is 1070. The van der Waals surface area contributed by atoms with E-state index in [-0.39, 0.29) is 0 Å². The number of nitrogens with zero attached hydrogens (tertiary/aromatic N) is 6. The second-order valence-electron chi connectivity index (χ2n) is 6.72. The molecular formula is C20H20N6O3S. The van der Waals surface area contributed by atoms with Crippen LogP contribution in [0.25, 0.3) is 11.7 Å². The van der Waals surface area contributed by atoms with E-state index < -0.39 is 0 Å². The van der Waals surface area contributed by atoms with Crippen LogP contribution in [0.15, 0.2) is 62.7 Å². The first kappa shape index (κ1) is 18.9. The lowest BCUT2D eigenvalue weighted by Crippen LogP contribution is -2.38. The summed E-state index contributed by atoms with van der Waals surface area (Å²) in [7, 11) is 0. The lowest BCUT2D eigenvalue weighted by atomic mass is 10.2. The van der Waals surface area contributed by atoms with Crippen LogP contribution in [-0.4, -0.2) is 51.3 Å². The fourth-order valence-corrected chi connectivity index (χ4v) is 4.00. The van der Waals surface area contributed by atoms with Crippen molar-refractivity contribution in [2.45, 2.75) is 17.5 Å². The number of thioether (sulfide) groups is 1. The van der Waals surface area contributed by atoms with Gasteiger partial charge in [-0.25, -0.2) is 0 Å². The third kappa shape index (κ3) is 4.10. The Hall–Kier alpha value is -3.11. The van der Waals surface area contributed by atoms with Gasteiger partial charge in [-0.3, -0.25) is 4.57 Å². The number of ether oxygens (including phenoxy) is 1. The van der Waals surface area contributed by atoms with Gasteiger partial charge < -0.3 is 18.5 Å². The molecule has 4 heterocycles. The van der Waals surface area contributed by atoms with E-state index in [1.165, 1.54) is 17.3 Å². The van der Waals surface area contributed by atoms with E-state index in [9.17, 15) is 0 Å². The van der Waals surface area contributed by atoms with Crippen LogP contribution < -0.4 is 4.90 Å². The van der Waals surface area contributed by atoms with Crippen LogP contribution in [0.5, 0.6) is 0 Å². The minimum Gasteiger partial charge on any atom is -0.459 e. The van der Waals surface area contributed by atoms with Gasteiger partial charge in [0.05, 0.1) is 31.8 Å². The third-order valence-corrected chi connectivity index (χ3v) is 5.65. The third-order valence-electron chi connectivity index (χ3n) is 4.70. The van der Waals surface area contributed by atoms with Crippen molar-refractivity contribution in [1.29, 1.82) is 0 Å². The summed E-state index contributed by atoms with van der Waals surface area (Å²) < 4.78 is 18.6. The number of anilines is 1. The molecule has 10 heteroatoms. The number of rotatable bonds is 7. The second kappa shape index (κ2) is 8.72. The number of benzene rings is 1. The van der Waals surface area contributed by atoms with Crippen molar-refractivity contribution < 1.29 is 13.6 Å². The van der Waals surface area contributed by atoms with Gasteiger partial charge in [0.25, 0.3) is 5.89 Å². The van der Waals surface area contributed by atoms with Crippen LogP contribution in [0.1, 0.15) is 11.5 Å². The molecule has 1 aliphatic heterocycles. The van der Waals surface area contributed by atoms with E-state index in [2.05, 4.69) is 42.0 Å². The van der Waals surface area contributed by atoms with Crippen LogP contribution in [0.3, 0.4) is 0 Å².